The quantitative estimate of drug-likeness (QED) is 0.571. The molecule has 6 nitrogen and oxygen atoms in total. The monoisotopic (exact) mass is 183 g/mol. The first-order valence-electron chi connectivity index (χ1n) is 3.60. The standard InChI is InChI=1S/C7H9N3O3/c8-6(12)5(11)4-10-3-1-2-9-7(10)13/h1-3,5,11H,4H2,(H2,8,12). The van der Waals surface area contributed by atoms with Crippen LogP contribution in [-0.4, -0.2) is 26.7 Å². The number of rotatable bonds is 3. The molecule has 1 unspecified atom stereocenters. The number of carbonyl (C=O) groups is 1. The maximum absolute atomic E-state index is 11.0. The van der Waals surface area contributed by atoms with Crippen molar-refractivity contribution in [1.82, 2.24) is 9.55 Å². The summed E-state index contributed by atoms with van der Waals surface area (Å²) in [6, 6.07) is 1.52. The molecule has 0 aliphatic carbocycles. The van der Waals surface area contributed by atoms with Gasteiger partial charge < -0.3 is 10.8 Å². The summed E-state index contributed by atoms with van der Waals surface area (Å²) in [7, 11) is 0. The van der Waals surface area contributed by atoms with Crippen molar-refractivity contribution in [2.24, 2.45) is 5.73 Å². The Bertz CT molecular complexity index is 360. The number of carbonyl (C=O) groups excluding carboxylic acids is 1. The highest BCUT2D eigenvalue weighted by Crippen LogP contribution is 1.86. The Labute approximate surface area is 73.6 Å². The largest absolute Gasteiger partial charge is 0.381 e. The van der Waals surface area contributed by atoms with Gasteiger partial charge in [0.1, 0.15) is 0 Å². The highest BCUT2D eigenvalue weighted by Gasteiger charge is 2.11. The maximum Gasteiger partial charge on any atom is 0.347 e. The molecule has 13 heavy (non-hydrogen) atoms. The molecular formula is C7H9N3O3. The lowest BCUT2D eigenvalue weighted by Gasteiger charge is -2.07. The minimum atomic E-state index is -1.36. The van der Waals surface area contributed by atoms with Crippen molar-refractivity contribution in [3.05, 3.63) is 28.9 Å². The first kappa shape index (κ1) is 9.40. The molecule has 0 fully saturated rings. The molecule has 1 aromatic rings. The maximum atomic E-state index is 11.0. The normalized spacial score (nSPS) is 12.4. The Hall–Kier alpha value is -1.69. The number of primary amides is 1. The van der Waals surface area contributed by atoms with Crippen molar-refractivity contribution < 1.29 is 9.90 Å². The van der Waals surface area contributed by atoms with Crippen molar-refractivity contribution in [2.75, 3.05) is 0 Å². The number of hydrogen-bond donors (Lipinski definition) is 2. The predicted molar refractivity (Wildman–Crippen MR) is 43.7 cm³/mol. The fraction of sp³-hybridized carbons (Fsp3) is 0.286. The minimum absolute atomic E-state index is 0.165. The van der Waals surface area contributed by atoms with Crippen molar-refractivity contribution >= 4 is 5.91 Å². The Morgan fingerprint density at radius 1 is 1.77 bits per heavy atom. The molecule has 0 aliphatic heterocycles. The van der Waals surface area contributed by atoms with Gasteiger partial charge in [-0.15, -0.1) is 0 Å². The van der Waals surface area contributed by atoms with Crippen LogP contribution in [0.1, 0.15) is 0 Å². The number of aliphatic hydroxyl groups excluding tert-OH is 1. The van der Waals surface area contributed by atoms with Crippen molar-refractivity contribution in [1.29, 1.82) is 0 Å². The molecule has 70 valence electrons. The van der Waals surface area contributed by atoms with E-state index in [4.69, 9.17) is 10.8 Å². The molecule has 0 saturated heterocycles. The number of nitrogens with zero attached hydrogens (tertiary/aromatic N) is 2. The third-order valence-electron chi connectivity index (χ3n) is 1.48. The summed E-state index contributed by atoms with van der Waals surface area (Å²) < 4.78 is 1.11. The molecule has 0 radical (unpaired) electrons. The second-order valence-electron chi connectivity index (χ2n) is 2.47. The van der Waals surface area contributed by atoms with E-state index in [1.165, 1.54) is 18.5 Å². The van der Waals surface area contributed by atoms with E-state index in [0.717, 1.165) is 4.57 Å². The van der Waals surface area contributed by atoms with Crippen LogP contribution in [0.4, 0.5) is 0 Å². The van der Waals surface area contributed by atoms with E-state index in [2.05, 4.69) is 4.98 Å². The molecule has 0 spiro atoms. The van der Waals surface area contributed by atoms with E-state index in [-0.39, 0.29) is 6.54 Å². The lowest BCUT2D eigenvalue weighted by molar-refractivity contribution is -0.126. The van der Waals surface area contributed by atoms with E-state index in [1.54, 1.807) is 0 Å². The first-order chi connectivity index (χ1) is 6.11. The topological polar surface area (TPSA) is 98.2 Å². The number of aromatic nitrogens is 2. The molecule has 1 heterocycles. The molecule has 0 aromatic carbocycles. The van der Waals surface area contributed by atoms with E-state index in [1.807, 2.05) is 0 Å². The van der Waals surface area contributed by atoms with Crippen molar-refractivity contribution in [3.63, 3.8) is 0 Å². The zero-order valence-corrected chi connectivity index (χ0v) is 6.75. The smallest absolute Gasteiger partial charge is 0.347 e. The SMILES string of the molecule is NC(=O)C(O)Cn1cccnc1=O. The van der Waals surface area contributed by atoms with Gasteiger partial charge in [-0.05, 0) is 6.07 Å². The number of amides is 1. The van der Waals surface area contributed by atoms with Crippen LogP contribution < -0.4 is 11.4 Å². The Kier molecular flexibility index (Phi) is 2.76. The highest BCUT2D eigenvalue weighted by atomic mass is 16.3. The van der Waals surface area contributed by atoms with Gasteiger partial charge in [0, 0.05) is 12.4 Å². The Balaban J connectivity index is 2.81. The van der Waals surface area contributed by atoms with E-state index < -0.39 is 17.7 Å². The average Bonchev–Trinajstić information content (AvgIpc) is 2.08. The molecule has 6 heteroatoms. The van der Waals surface area contributed by atoms with Gasteiger partial charge in [-0.3, -0.25) is 9.36 Å². The summed E-state index contributed by atoms with van der Waals surface area (Å²) in [5, 5.41) is 9.04. The number of hydrogen-bond acceptors (Lipinski definition) is 4. The summed E-state index contributed by atoms with van der Waals surface area (Å²) in [6.45, 7) is -0.165. The van der Waals surface area contributed by atoms with E-state index in [0.29, 0.717) is 0 Å². The Morgan fingerprint density at radius 2 is 2.46 bits per heavy atom. The zero-order chi connectivity index (χ0) is 9.84. The van der Waals surface area contributed by atoms with Gasteiger partial charge in [0.25, 0.3) is 0 Å². The van der Waals surface area contributed by atoms with E-state index in [9.17, 15) is 9.59 Å². The van der Waals surface area contributed by atoms with E-state index >= 15 is 0 Å². The molecule has 0 bridgehead atoms. The number of aliphatic hydroxyl groups is 1. The zero-order valence-electron chi connectivity index (χ0n) is 6.75. The van der Waals surface area contributed by atoms with Crippen LogP contribution in [0.15, 0.2) is 23.3 Å². The lowest BCUT2D eigenvalue weighted by atomic mass is 10.3. The van der Waals surface area contributed by atoms with Gasteiger partial charge in [-0.1, -0.05) is 0 Å². The van der Waals surface area contributed by atoms with Gasteiger partial charge >= 0.3 is 5.69 Å². The second-order valence-corrected chi connectivity index (χ2v) is 2.47. The average molecular weight is 183 g/mol. The fourth-order valence-corrected chi connectivity index (χ4v) is 0.802. The molecule has 1 rings (SSSR count). The molecule has 0 saturated carbocycles. The lowest BCUT2D eigenvalue weighted by Crippen LogP contribution is -2.36. The second kappa shape index (κ2) is 3.81. The van der Waals surface area contributed by atoms with Crippen LogP contribution in [0.25, 0.3) is 0 Å². The summed E-state index contributed by atoms with van der Waals surface area (Å²) in [5.74, 6) is -0.865. The third kappa shape index (κ3) is 2.38. The van der Waals surface area contributed by atoms with Crippen LogP contribution in [0.3, 0.4) is 0 Å². The predicted octanol–water partition coefficient (Wildman–Crippen LogP) is -1.91. The van der Waals surface area contributed by atoms with Gasteiger partial charge in [0.15, 0.2) is 6.10 Å². The Morgan fingerprint density at radius 3 is 3.00 bits per heavy atom. The van der Waals surface area contributed by atoms with Gasteiger partial charge in [-0.2, -0.15) is 0 Å². The first-order valence-corrected chi connectivity index (χ1v) is 3.60. The summed E-state index contributed by atoms with van der Waals surface area (Å²) in [4.78, 5) is 24.9. The molecule has 3 N–H and O–H groups in total. The molecule has 1 atom stereocenters. The fourth-order valence-electron chi connectivity index (χ4n) is 0.802. The van der Waals surface area contributed by atoms with Crippen LogP contribution in [-0.2, 0) is 11.3 Å². The third-order valence-corrected chi connectivity index (χ3v) is 1.48. The van der Waals surface area contributed by atoms with Gasteiger partial charge in [0.05, 0.1) is 6.54 Å². The molecule has 1 amide bonds. The summed E-state index contributed by atoms with van der Waals surface area (Å²) >= 11 is 0. The molecule has 1 aromatic heterocycles. The summed E-state index contributed by atoms with van der Waals surface area (Å²) in [6.07, 6.45) is 1.39. The van der Waals surface area contributed by atoms with Gasteiger partial charge in [-0.25, -0.2) is 9.78 Å². The minimum Gasteiger partial charge on any atom is -0.381 e. The number of nitrogens with two attached hydrogens (primary N) is 1. The van der Waals surface area contributed by atoms with Crippen LogP contribution in [0.5, 0.6) is 0 Å². The van der Waals surface area contributed by atoms with Crippen molar-refractivity contribution in [3.8, 4) is 0 Å². The van der Waals surface area contributed by atoms with Crippen LogP contribution in [0.2, 0.25) is 0 Å². The highest BCUT2D eigenvalue weighted by molar-refractivity contribution is 5.78. The van der Waals surface area contributed by atoms with Crippen LogP contribution in [0, 0.1) is 0 Å². The molecular weight excluding hydrogens is 174 g/mol. The van der Waals surface area contributed by atoms with Crippen molar-refractivity contribution in [2.45, 2.75) is 12.6 Å². The summed E-state index contributed by atoms with van der Waals surface area (Å²) in [5.41, 5.74) is 4.28. The van der Waals surface area contributed by atoms with Gasteiger partial charge in [0.2, 0.25) is 5.91 Å². The molecule has 0 aliphatic rings. The van der Waals surface area contributed by atoms with Crippen LogP contribution >= 0.6 is 0 Å².